The minimum absolute atomic E-state index is 0. The van der Waals surface area contributed by atoms with E-state index in [1.54, 1.807) is 0 Å². The molecule has 4 aromatic rings. The van der Waals surface area contributed by atoms with Crippen molar-refractivity contribution in [3.8, 4) is 11.3 Å². The molecule has 3 heteroatoms. The summed E-state index contributed by atoms with van der Waals surface area (Å²) in [5.74, 6) is 0.905. The highest BCUT2D eigenvalue weighted by Gasteiger charge is 2.29. The number of nitrogen functional groups attached to an aromatic ring is 1. The molecule has 0 amide bonds. The van der Waals surface area contributed by atoms with Crippen LogP contribution in [-0.2, 0) is 6.42 Å². The van der Waals surface area contributed by atoms with Crippen LogP contribution in [-0.4, -0.2) is 4.98 Å². The Labute approximate surface area is 159 Å². The van der Waals surface area contributed by atoms with Gasteiger partial charge < -0.3 is 5.73 Å². The molecule has 0 aliphatic heterocycles. The molecule has 1 unspecified atom stereocenters. The summed E-state index contributed by atoms with van der Waals surface area (Å²) in [5, 5.41) is 2.26. The smallest absolute Gasteiger partial charge is 0.131 e. The SMILES string of the molecule is Cl.Nc1nc2c(c3ccccc13)C(c1ccccc1)Cc1ccccc1-2. The Balaban J connectivity index is 0.00000168. The van der Waals surface area contributed by atoms with Gasteiger partial charge in [-0.25, -0.2) is 4.98 Å². The van der Waals surface area contributed by atoms with E-state index in [0.717, 1.165) is 17.5 Å². The second-order valence-electron chi connectivity index (χ2n) is 6.63. The number of nitrogens with two attached hydrogens (primary N) is 1. The number of fused-ring (bicyclic) bond motifs is 5. The van der Waals surface area contributed by atoms with Crippen molar-refractivity contribution in [2.24, 2.45) is 0 Å². The number of hydrogen-bond donors (Lipinski definition) is 1. The summed E-state index contributed by atoms with van der Waals surface area (Å²) in [5.41, 5.74) is 12.5. The average molecular weight is 359 g/mol. The van der Waals surface area contributed by atoms with E-state index in [-0.39, 0.29) is 12.4 Å². The molecule has 1 atom stereocenters. The van der Waals surface area contributed by atoms with Gasteiger partial charge in [0.25, 0.3) is 0 Å². The molecule has 1 heterocycles. The standard InChI is InChI=1S/C23H18N2.ClH/c24-23-19-13-7-6-12-18(19)21-20(15-8-2-1-3-9-15)14-16-10-4-5-11-17(16)22(21)25-23;/h1-13,20H,14H2,(H2,24,25);1H. The Bertz CT molecular complexity index is 1090. The molecule has 2 N–H and O–H groups in total. The summed E-state index contributed by atoms with van der Waals surface area (Å²) in [6.45, 7) is 0. The van der Waals surface area contributed by atoms with Gasteiger partial charge in [0, 0.05) is 16.9 Å². The first-order chi connectivity index (χ1) is 12.3. The topological polar surface area (TPSA) is 38.9 Å². The van der Waals surface area contributed by atoms with Crippen molar-refractivity contribution >= 4 is 29.0 Å². The van der Waals surface area contributed by atoms with Crippen LogP contribution in [0.4, 0.5) is 5.82 Å². The second kappa shape index (κ2) is 6.47. The van der Waals surface area contributed by atoms with E-state index in [1.165, 1.54) is 27.6 Å². The fourth-order valence-electron chi connectivity index (χ4n) is 4.09. The number of pyridine rings is 1. The Morgan fingerprint density at radius 1 is 0.769 bits per heavy atom. The average Bonchev–Trinajstić information content (AvgIpc) is 2.68. The largest absolute Gasteiger partial charge is 0.383 e. The van der Waals surface area contributed by atoms with Crippen LogP contribution in [0, 0.1) is 0 Å². The van der Waals surface area contributed by atoms with Crippen molar-refractivity contribution in [3.63, 3.8) is 0 Å². The molecule has 0 bridgehead atoms. The maximum absolute atomic E-state index is 6.31. The number of halogens is 1. The predicted octanol–water partition coefficient (Wildman–Crippen LogP) is 5.59. The minimum Gasteiger partial charge on any atom is -0.383 e. The summed E-state index contributed by atoms with van der Waals surface area (Å²) < 4.78 is 0. The van der Waals surface area contributed by atoms with Gasteiger partial charge in [-0.15, -0.1) is 12.4 Å². The molecule has 5 rings (SSSR count). The van der Waals surface area contributed by atoms with Gasteiger partial charge in [-0.05, 0) is 28.5 Å². The van der Waals surface area contributed by atoms with Gasteiger partial charge in [0.2, 0.25) is 0 Å². The van der Waals surface area contributed by atoms with E-state index in [2.05, 4.69) is 72.8 Å². The summed E-state index contributed by atoms with van der Waals surface area (Å²) in [6.07, 6.45) is 0.989. The van der Waals surface area contributed by atoms with Crippen LogP contribution in [0.25, 0.3) is 22.0 Å². The molecule has 1 aliphatic carbocycles. The lowest BCUT2D eigenvalue weighted by Gasteiger charge is -2.29. The van der Waals surface area contributed by atoms with Crippen LogP contribution >= 0.6 is 12.4 Å². The zero-order valence-corrected chi connectivity index (χ0v) is 15.0. The highest BCUT2D eigenvalue weighted by molar-refractivity contribution is 5.98. The molecule has 1 aliphatic rings. The van der Waals surface area contributed by atoms with Crippen LogP contribution in [0.2, 0.25) is 0 Å². The third-order valence-corrected chi connectivity index (χ3v) is 5.23. The van der Waals surface area contributed by atoms with Crippen molar-refractivity contribution in [2.45, 2.75) is 12.3 Å². The van der Waals surface area contributed by atoms with Gasteiger partial charge in [-0.3, -0.25) is 0 Å². The number of anilines is 1. The molecule has 0 radical (unpaired) electrons. The first-order valence-corrected chi connectivity index (χ1v) is 8.64. The van der Waals surface area contributed by atoms with Crippen LogP contribution in [0.3, 0.4) is 0 Å². The molecule has 26 heavy (non-hydrogen) atoms. The van der Waals surface area contributed by atoms with E-state index in [0.29, 0.717) is 11.7 Å². The number of hydrogen-bond acceptors (Lipinski definition) is 2. The maximum Gasteiger partial charge on any atom is 0.131 e. The molecular formula is C23H19ClN2. The van der Waals surface area contributed by atoms with Crippen LogP contribution in [0.15, 0.2) is 78.9 Å². The second-order valence-corrected chi connectivity index (χ2v) is 6.63. The number of benzene rings is 3. The summed E-state index contributed by atoms with van der Waals surface area (Å²) in [4.78, 5) is 4.84. The summed E-state index contributed by atoms with van der Waals surface area (Å²) >= 11 is 0. The van der Waals surface area contributed by atoms with Crippen molar-refractivity contribution < 1.29 is 0 Å². The molecule has 3 aromatic carbocycles. The van der Waals surface area contributed by atoms with Crippen molar-refractivity contribution in [3.05, 3.63) is 95.6 Å². The van der Waals surface area contributed by atoms with E-state index in [1.807, 2.05) is 6.07 Å². The normalized spacial score (nSPS) is 15.0. The highest BCUT2D eigenvalue weighted by atomic mass is 35.5. The Kier molecular flexibility index (Phi) is 4.14. The third-order valence-electron chi connectivity index (χ3n) is 5.23. The van der Waals surface area contributed by atoms with E-state index in [4.69, 9.17) is 10.7 Å². The van der Waals surface area contributed by atoms with Crippen LogP contribution < -0.4 is 5.73 Å². The fourth-order valence-corrected chi connectivity index (χ4v) is 4.09. The first-order valence-electron chi connectivity index (χ1n) is 8.64. The third kappa shape index (κ3) is 2.46. The Morgan fingerprint density at radius 3 is 2.23 bits per heavy atom. The fraction of sp³-hybridized carbons (Fsp3) is 0.0870. The molecule has 128 valence electrons. The van der Waals surface area contributed by atoms with Crippen molar-refractivity contribution in [1.29, 1.82) is 0 Å². The first kappa shape index (κ1) is 16.6. The Morgan fingerprint density at radius 2 is 1.42 bits per heavy atom. The molecule has 0 fully saturated rings. The van der Waals surface area contributed by atoms with Crippen LogP contribution in [0.5, 0.6) is 0 Å². The lowest BCUT2D eigenvalue weighted by atomic mass is 9.76. The zero-order valence-electron chi connectivity index (χ0n) is 14.2. The minimum atomic E-state index is 0. The lowest BCUT2D eigenvalue weighted by Crippen LogP contribution is -2.15. The van der Waals surface area contributed by atoms with Gasteiger partial charge in [0.15, 0.2) is 0 Å². The van der Waals surface area contributed by atoms with Gasteiger partial charge in [0.1, 0.15) is 5.82 Å². The van der Waals surface area contributed by atoms with E-state index < -0.39 is 0 Å². The zero-order chi connectivity index (χ0) is 16.8. The van der Waals surface area contributed by atoms with Crippen molar-refractivity contribution in [2.75, 3.05) is 5.73 Å². The van der Waals surface area contributed by atoms with Gasteiger partial charge >= 0.3 is 0 Å². The number of nitrogens with zero attached hydrogens (tertiary/aromatic N) is 1. The lowest BCUT2D eigenvalue weighted by molar-refractivity contribution is 0.795. The van der Waals surface area contributed by atoms with Crippen molar-refractivity contribution in [1.82, 2.24) is 4.98 Å². The van der Waals surface area contributed by atoms with Gasteiger partial charge in [0.05, 0.1) is 5.69 Å². The molecule has 0 saturated heterocycles. The highest BCUT2D eigenvalue weighted by Crippen LogP contribution is 2.45. The number of aromatic nitrogens is 1. The molecule has 0 saturated carbocycles. The monoisotopic (exact) mass is 358 g/mol. The van der Waals surface area contributed by atoms with Gasteiger partial charge in [-0.1, -0.05) is 78.9 Å². The molecule has 1 aromatic heterocycles. The summed E-state index contributed by atoms with van der Waals surface area (Å²) in [7, 11) is 0. The molecule has 0 spiro atoms. The quantitative estimate of drug-likeness (QED) is 0.481. The molecule has 2 nitrogen and oxygen atoms in total. The van der Waals surface area contributed by atoms with Crippen LogP contribution in [0.1, 0.15) is 22.6 Å². The summed E-state index contributed by atoms with van der Waals surface area (Å²) in [6, 6.07) is 27.7. The predicted molar refractivity (Wildman–Crippen MR) is 111 cm³/mol. The maximum atomic E-state index is 6.31. The van der Waals surface area contributed by atoms with E-state index >= 15 is 0 Å². The molecular weight excluding hydrogens is 340 g/mol. The number of rotatable bonds is 1. The van der Waals surface area contributed by atoms with E-state index in [9.17, 15) is 0 Å². The van der Waals surface area contributed by atoms with Gasteiger partial charge in [-0.2, -0.15) is 0 Å². The Hall–Kier alpha value is -2.84.